The molecule has 2 aromatic rings. The van der Waals surface area contributed by atoms with Crippen LogP contribution in [0.1, 0.15) is 23.6 Å². The molecule has 0 saturated heterocycles. The molecule has 0 fully saturated rings. The van der Waals surface area contributed by atoms with E-state index in [2.05, 4.69) is 36.4 Å². The number of rotatable bonds is 3. The van der Waals surface area contributed by atoms with Gasteiger partial charge in [0.25, 0.3) is 0 Å². The van der Waals surface area contributed by atoms with Crippen LogP contribution in [0.3, 0.4) is 0 Å². The van der Waals surface area contributed by atoms with Gasteiger partial charge in [-0.2, -0.15) is 0 Å². The van der Waals surface area contributed by atoms with Gasteiger partial charge in [-0.25, -0.2) is 0 Å². The Balaban J connectivity index is 2.13. The number of carbonyl (C=O) groups is 1. The van der Waals surface area contributed by atoms with Gasteiger partial charge in [0.2, 0.25) is 0 Å². The molecule has 0 N–H and O–H groups in total. The molecule has 2 aromatic carbocycles. The third kappa shape index (κ3) is 2.14. The molecule has 100 valence electrons. The van der Waals surface area contributed by atoms with Gasteiger partial charge >= 0.3 is 0 Å². The number of methoxy groups -OCH3 is 1. The molecule has 1 aliphatic carbocycles. The van der Waals surface area contributed by atoms with E-state index in [1.165, 1.54) is 22.3 Å². The lowest BCUT2D eigenvalue weighted by molar-refractivity contribution is -0.112. The molecule has 0 heterocycles. The van der Waals surface area contributed by atoms with Crippen molar-refractivity contribution in [2.75, 3.05) is 7.11 Å². The molecule has 2 heteroatoms. The van der Waals surface area contributed by atoms with Crippen molar-refractivity contribution in [3.8, 4) is 16.9 Å². The summed E-state index contributed by atoms with van der Waals surface area (Å²) in [6.45, 7) is 1.55. The maximum Gasteiger partial charge on any atom is 0.152 e. The third-order valence-electron chi connectivity index (χ3n) is 3.64. The monoisotopic (exact) mass is 264 g/mol. The van der Waals surface area contributed by atoms with E-state index in [0.717, 1.165) is 17.7 Å². The van der Waals surface area contributed by atoms with Gasteiger partial charge < -0.3 is 4.74 Å². The average molecular weight is 264 g/mol. The quantitative estimate of drug-likeness (QED) is 0.671. The highest BCUT2D eigenvalue weighted by Gasteiger charge is 2.19. The molecule has 0 aromatic heterocycles. The third-order valence-corrected chi connectivity index (χ3v) is 3.64. The molecule has 3 rings (SSSR count). The van der Waals surface area contributed by atoms with Crippen LogP contribution in [-0.2, 0) is 11.2 Å². The fraction of sp³-hybridized carbons (Fsp3) is 0.167. The SMILES string of the molecule is COc1cc2c(cc1C=CC(C)=O)-c1ccccc1C2. The van der Waals surface area contributed by atoms with Crippen molar-refractivity contribution in [1.82, 2.24) is 0 Å². The normalized spacial score (nSPS) is 12.3. The van der Waals surface area contributed by atoms with Crippen molar-refractivity contribution in [3.63, 3.8) is 0 Å². The molecular formula is C18H16O2. The summed E-state index contributed by atoms with van der Waals surface area (Å²) in [7, 11) is 1.66. The van der Waals surface area contributed by atoms with Crippen LogP contribution in [0.15, 0.2) is 42.5 Å². The van der Waals surface area contributed by atoms with Crippen LogP contribution in [0.5, 0.6) is 5.75 Å². The topological polar surface area (TPSA) is 26.3 Å². The second-order valence-electron chi connectivity index (χ2n) is 5.03. The molecule has 2 nitrogen and oxygen atoms in total. The number of allylic oxidation sites excluding steroid dienone is 1. The molecule has 0 spiro atoms. The number of ether oxygens (including phenoxy) is 1. The fourth-order valence-corrected chi connectivity index (χ4v) is 2.69. The van der Waals surface area contributed by atoms with E-state index in [-0.39, 0.29) is 5.78 Å². The van der Waals surface area contributed by atoms with Crippen LogP contribution in [-0.4, -0.2) is 12.9 Å². The van der Waals surface area contributed by atoms with Crippen LogP contribution in [0.2, 0.25) is 0 Å². The highest BCUT2D eigenvalue weighted by molar-refractivity contribution is 5.92. The zero-order valence-electron chi connectivity index (χ0n) is 11.6. The Morgan fingerprint density at radius 1 is 1.15 bits per heavy atom. The highest BCUT2D eigenvalue weighted by Crippen LogP contribution is 2.40. The zero-order chi connectivity index (χ0) is 14.1. The minimum atomic E-state index is 0.0351. The van der Waals surface area contributed by atoms with E-state index in [4.69, 9.17) is 4.74 Å². The Morgan fingerprint density at radius 2 is 1.95 bits per heavy atom. The molecule has 0 saturated carbocycles. The number of carbonyl (C=O) groups excluding carboxylic acids is 1. The van der Waals surface area contributed by atoms with E-state index in [9.17, 15) is 4.79 Å². The Kier molecular flexibility index (Phi) is 3.15. The van der Waals surface area contributed by atoms with Gasteiger partial charge in [0.15, 0.2) is 5.78 Å². The van der Waals surface area contributed by atoms with Crippen molar-refractivity contribution < 1.29 is 9.53 Å². The van der Waals surface area contributed by atoms with Crippen molar-refractivity contribution in [2.24, 2.45) is 0 Å². The molecule has 0 atom stereocenters. The predicted octanol–water partition coefficient (Wildman–Crippen LogP) is 3.87. The standard InChI is InChI=1S/C18H16O2/c1-12(19)7-8-14-10-17-15(11-18(14)20-2)9-13-5-3-4-6-16(13)17/h3-8,10-11H,9H2,1-2H3. The van der Waals surface area contributed by atoms with Crippen molar-refractivity contribution >= 4 is 11.9 Å². The average Bonchev–Trinajstić information content (AvgIpc) is 2.81. The Hall–Kier alpha value is -2.35. The first-order valence-corrected chi connectivity index (χ1v) is 6.67. The van der Waals surface area contributed by atoms with Gasteiger partial charge in [-0.3, -0.25) is 4.79 Å². The first-order valence-electron chi connectivity index (χ1n) is 6.67. The van der Waals surface area contributed by atoms with Crippen molar-refractivity contribution in [3.05, 3.63) is 59.2 Å². The Labute approximate surface area is 118 Å². The van der Waals surface area contributed by atoms with Gasteiger partial charge in [0.1, 0.15) is 5.75 Å². The fourth-order valence-electron chi connectivity index (χ4n) is 2.69. The number of hydrogen-bond acceptors (Lipinski definition) is 2. The molecule has 0 aliphatic heterocycles. The molecular weight excluding hydrogens is 248 g/mol. The van der Waals surface area contributed by atoms with Gasteiger partial charge in [-0.1, -0.05) is 24.3 Å². The molecule has 1 aliphatic rings. The van der Waals surface area contributed by atoms with E-state index in [0.29, 0.717) is 0 Å². The van der Waals surface area contributed by atoms with Gasteiger partial charge in [0, 0.05) is 5.56 Å². The summed E-state index contributed by atoms with van der Waals surface area (Å²) in [6, 6.07) is 12.6. The largest absolute Gasteiger partial charge is 0.496 e. The van der Waals surface area contributed by atoms with Gasteiger partial charge in [0.05, 0.1) is 7.11 Å². The van der Waals surface area contributed by atoms with Crippen LogP contribution >= 0.6 is 0 Å². The molecule has 0 amide bonds. The molecule has 20 heavy (non-hydrogen) atoms. The van der Waals surface area contributed by atoms with Crippen molar-refractivity contribution in [1.29, 1.82) is 0 Å². The summed E-state index contributed by atoms with van der Waals surface area (Å²) in [5.74, 6) is 0.849. The smallest absolute Gasteiger partial charge is 0.152 e. The zero-order valence-corrected chi connectivity index (χ0v) is 11.6. The maximum atomic E-state index is 11.1. The lowest BCUT2D eigenvalue weighted by atomic mass is 10.0. The Morgan fingerprint density at radius 3 is 2.70 bits per heavy atom. The molecule has 0 radical (unpaired) electrons. The van der Waals surface area contributed by atoms with E-state index < -0.39 is 0 Å². The van der Waals surface area contributed by atoms with Gasteiger partial charge in [-0.05, 0) is 59.9 Å². The number of fused-ring (bicyclic) bond motifs is 3. The molecule has 0 unspecified atom stereocenters. The summed E-state index contributed by atoms with van der Waals surface area (Å²) < 4.78 is 5.44. The minimum absolute atomic E-state index is 0.0351. The second-order valence-corrected chi connectivity index (χ2v) is 5.03. The molecule has 0 bridgehead atoms. The summed E-state index contributed by atoms with van der Waals surface area (Å²) in [5, 5.41) is 0. The highest BCUT2D eigenvalue weighted by atomic mass is 16.5. The number of hydrogen-bond donors (Lipinski definition) is 0. The van der Waals surface area contributed by atoms with Gasteiger partial charge in [-0.15, -0.1) is 0 Å². The van der Waals surface area contributed by atoms with E-state index in [1.54, 1.807) is 20.1 Å². The summed E-state index contributed by atoms with van der Waals surface area (Å²) >= 11 is 0. The Bertz CT molecular complexity index is 711. The first kappa shape index (κ1) is 12.7. The number of ketones is 1. The van der Waals surface area contributed by atoms with Crippen molar-refractivity contribution in [2.45, 2.75) is 13.3 Å². The van der Waals surface area contributed by atoms with E-state index >= 15 is 0 Å². The van der Waals surface area contributed by atoms with Crippen LogP contribution < -0.4 is 4.74 Å². The van der Waals surface area contributed by atoms with Crippen LogP contribution in [0, 0.1) is 0 Å². The summed E-state index contributed by atoms with van der Waals surface area (Å²) in [6.07, 6.45) is 4.34. The second kappa shape index (κ2) is 4.97. The van der Waals surface area contributed by atoms with E-state index in [1.807, 2.05) is 6.08 Å². The lowest BCUT2D eigenvalue weighted by Crippen LogP contribution is -1.91. The van der Waals surface area contributed by atoms with Crippen LogP contribution in [0.4, 0.5) is 0 Å². The summed E-state index contributed by atoms with van der Waals surface area (Å²) in [5.41, 5.74) is 6.09. The lowest BCUT2D eigenvalue weighted by Gasteiger charge is -2.09. The number of benzene rings is 2. The maximum absolute atomic E-state index is 11.1. The minimum Gasteiger partial charge on any atom is -0.496 e. The van der Waals surface area contributed by atoms with Crippen LogP contribution in [0.25, 0.3) is 17.2 Å². The summed E-state index contributed by atoms with van der Waals surface area (Å²) in [4.78, 5) is 11.1. The predicted molar refractivity (Wildman–Crippen MR) is 81.0 cm³/mol. The first-order chi connectivity index (χ1) is 9.69.